The Hall–Kier alpha value is -3.02. The van der Waals surface area contributed by atoms with Gasteiger partial charge in [0.15, 0.2) is 0 Å². The van der Waals surface area contributed by atoms with Crippen LogP contribution in [-0.4, -0.2) is 42.7 Å². The van der Waals surface area contributed by atoms with E-state index < -0.39 is 5.97 Å². The van der Waals surface area contributed by atoms with Crippen LogP contribution in [-0.2, 0) is 13.0 Å². The number of carboxylic acids is 1. The second-order valence-electron chi connectivity index (χ2n) is 6.03. The van der Waals surface area contributed by atoms with Crippen LogP contribution in [0.25, 0.3) is 0 Å². The molecule has 2 amide bonds. The highest BCUT2D eigenvalue weighted by molar-refractivity contribution is 5.87. The normalized spacial score (nSPS) is 10.2. The maximum absolute atomic E-state index is 12.1. The SMILES string of the molecule is COc1ccc(CCCN(C)C(=O)NCc2ccc(C(=O)O)cc2)cc1. The number of amides is 2. The van der Waals surface area contributed by atoms with Crippen LogP contribution in [0.2, 0.25) is 0 Å². The zero-order chi connectivity index (χ0) is 18.9. The monoisotopic (exact) mass is 356 g/mol. The lowest BCUT2D eigenvalue weighted by Gasteiger charge is -2.18. The Bertz CT molecular complexity index is 726. The summed E-state index contributed by atoms with van der Waals surface area (Å²) in [5.74, 6) is -0.126. The molecule has 0 bridgehead atoms. The van der Waals surface area contributed by atoms with E-state index in [1.807, 2.05) is 24.3 Å². The highest BCUT2D eigenvalue weighted by Gasteiger charge is 2.08. The van der Waals surface area contributed by atoms with Gasteiger partial charge in [0.2, 0.25) is 0 Å². The molecule has 6 heteroatoms. The maximum atomic E-state index is 12.1. The summed E-state index contributed by atoms with van der Waals surface area (Å²) < 4.78 is 5.13. The van der Waals surface area contributed by atoms with Gasteiger partial charge < -0.3 is 20.1 Å². The van der Waals surface area contributed by atoms with E-state index >= 15 is 0 Å². The molecule has 2 N–H and O–H groups in total. The maximum Gasteiger partial charge on any atom is 0.335 e. The Morgan fingerprint density at radius 3 is 2.23 bits per heavy atom. The molecule has 6 nitrogen and oxygen atoms in total. The summed E-state index contributed by atoms with van der Waals surface area (Å²) in [6, 6.07) is 14.2. The molecule has 0 aliphatic heterocycles. The van der Waals surface area contributed by atoms with E-state index in [9.17, 15) is 9.59 Å². The van der Waals surface area contributed by atoms with E-state index in [0.29, 0.717) is 13.1 Å². The number of carbonyl (C=O) groups is 2. The van der Waals surface area contributed by atoms with Crippen molar-refractivity contribution in [3.63, 3.8) is 0 Å². The molecule has 0 aromatic heterocycles. The number of nitrogens with one attached hydrogen (secondary N) is 1. The van der Waals surface area contributed by atoms with E-state index in [1.54, 1.807) is 31.2 Å². The number of carboxylic acid groups (broad SMARTS) is 1. The lowest BCUT2D eigenvalue weighted by Crippen LogP contribution is -2.37. The smallest absolute Gasteiger partial charge is 0.335 e. The predicted octanol–water partition coefficient (Wildman–Crippen LogP) is 3.17. The summed E-state index contributed by atoms with van der Waals surface area (Å²) in [6.45, 7) is 1.01. The largest absolute Gasteiger partial charge is 0.497 e. The molecule has 0 saturated carbocycles. The first-order valence-electron chi connectivity index (χ1n) is 8.43. The van der Waals surface area contributed by atoms with Gasteiger partial charge in [0.1, 0.15) is 5.75 Å². The molecule has 0 radical (unpaired) electrons. The Kier molecular flexibility index (Phi) is 7.02. The highest BCUT2D eigenvalue weighted by Crippen LogP contribution is 2.12. The van der Waals surface area contributed by atoms with Crippen molar-refractivity contribution in [1.29, 1.82) is 0 Å². The van der Waals surface area contributed by atoms with Crippen LogP contribution in [0.1, 0.15) is 27.9 Å². The van der Waals surface area contributed by atoms with E-state index in [-0.39, 0.29) is 11.6 Å². The first-order chi connectivity index (χ1) is 12.5. The van der Waals surface area contributed by atoms with Gasteiger partial charge in [0.25, 0.3) is 0 Å². The van der Waals surface area contributed by atoms with Crippen LogP contribution in [0.4, 0.5) is 4.79 Å². The van der Waals surface area contributed by atoms with Crippen molar-refractivity contribution in [3.05, 3.63) is 65.2 Å². The van der Waals surface area contributed by atoms with Crippen molar-refractivity contribution in [3.8, 4) is 5.75 Å². The fraction of sp³-hybridized carbons (Fsp3) is 0.300. The quantitative estimate of drug-likeness (QED) is 0.761. The van der Waals surface area contributed by atoms with Crippen molar-refractivity contribution < 1.29 is 19.4 Å². The number of nitrogens with zero attached hydrogens (tertiary/aromatic N) is 1. The lowest BCUT2D eigenvalue weighted by molar-refractivity contribution is 0.0697. The Labute approximate surface area is 153 Å². The number of carbonyl (C=O) groups excluding carboxylic acids is 1. The third-order valence-corrected chi connectivity index (χ3v) is 4.11. The third kappa shape index (κ3) is 5.81. The number of hydrogen-bond acceptors (Lipinski definition) is 3. The molecule has 0 aliphatic carbocycles. The number of aryl methyl sites for hydroxylation is 1. The van der Waals surface area contributed by atoms with Crippen LogP contribution in [0.3, 0.4) is 0 Å². The summed E-state index contributed by atoms with van der Waals surface area (Å²) in [5.41, 5.74) is 2.30. The first-order valence-corrected chi connectivity index (χ1v) is 8.43. The highest BCUT2D eigenvalue weighted by atomic mass is 16.5. The minimum Gasteiger partial charge on any atom is -0.497 e. The van der Waals surface area contributed by atoms with E-state index in [2.05, 4.69) is 5.32 Å². The molecular weight excluding hydrogens is 332 g/mol. The minimum absolute atomic E-state index is 0.151. The minimum atomic E-state index is -0.961. The summed E-state index contributed by atoms with van der Waals surface area (Å²) in [5, 5.41) is 11.7. The molecule has 138 valence electrons. The zero-order valence-corrected chi connectivity index (χ0v) is 15.1. The average molecular weight is 356 g/mol. The molecule has 0 fully saturated rings. The summed E-state index contributed by atoms with van der Waals surface area (Å²) in [4.78, 5) is 24.6. The van der Waals surface area contributed by atoms with Crippen LogP contribution in [0.5, 0.6) is 5.75 Å². The van der Waals surface area contributed by atoms with E-state index in [1.165, 1.54) is 17.7 Å². The summed E-state index contributed by atoms with van der Waals surface area (Å²) >= 11 is 0. The van der Waals surface area contributed by atoms with Crippen LogP contribution in [0.15, 0.2) is 48.5 Å². The number of benzene rings is 2. The van der Waals surface area contributed by atoms with Gasteiger partial charge in [-0.25, -0.2) is 9.59 Å². The molecular formula is C20H24N2O4. The second kappa shape index (κ2) is 9.46. The topological polar surface area (TPSA) is 78.9 Å². The third-order valence-electron chi connectivity index (χ3n) is 4.11. The van der Waals surface area contributed by atoms with Crippen molar-refractivity contribution >= 4 is 12.0 Å². The molecule has 0 atom stereocenters. The molecule has 26 heavy (non-hydrogen) atoms. The standard InChI is InChI=1S/C20H24N2O4/c1-22(13-3-4-15-7-11-18(26-2)12-8-15)20(25)21-14-16-5-9-17(10-6-16)19(23)24/h5-12H,3-4,13-14H2,1-2H3,(H,21,25)(H,23,24). The van der Waals surface area contributed by atoms with Gasteiger partial charge in [-0.05, 0) is 48.2 Å². The van der Waals surface area contributed by atoms with Gasteiger partial charge in [0, 0.05) is 20.1 Å². The van der Waals surface area contributed by atoms with Crippen molar-refractivity contribution in [1.82, 2.24) is 10.2 Å². The van der Waals surface area contributed by atoms with Gasteiger partial charge in [0.05, 0.1) is 12.7 Å². The molecule has 0 aliphatic rings. The Morgan fingerprint density at radius 2 is 1.65 bits per heavy atom. The molecule has 0 heterocycles. The van der Waals surface area contributed by atoms with Crippen LogP contribution in [0, 0.1) is 0 Å². The van der Waals surface area contributed by atoms with Gasteiger partial charge in [-0.1, -0.05) is 24.3 Å². The van der Waals surface area contributed by atoms with E-state index in [4.69, 9.17) is 9.84 Å². The number of methoxy groups -OCH3 is 1. The lowest BCUT2D eigenvalue weighted by atomic mass is 10.1. The number of hydrogen-bond donors (Lipinski definition) is 2. The van der Waals surface area contributed by atoms with Crippen LogP contribution < -0.4 is 10.1 Å². The van der Waals surface area contributed by atoms with Crippen molar-refractivity contribution in [2.45, 2.75) is 19.4 Å². The zero-order valence-electron chi connectivity index (χ0n) is 15.1. The Balaban J connectivity index is 1.72. The number of urea groups is 1. The summed E-state index contributed by atoms with van der Waals surface area (Å²) in [6.07, 6.45) is 1.75. The molecule has 2 aromatic carbocycles. The number of rotatable bonds is 8. The second-order valence-corrected chi connectivity index (χ2v) is 6.03. The van der Waals surface area contributed by atoms with Gasteiger partial charge in [-0.3, -0.25) is 0 Å². The molecule has 0 saturated heterocycles. The predicted molar refractivity (Wildman–Crippen MR) is 99.6 cm³/mol. The first kappa shape index (κ1) is 19.3. The average Bonchev–Trinajstić information content (AvgIpc) is 2.66. The summed E-state index contributed by atoms with van der Waals surface area (Å²) in [7, 11) is 3.40. The molecule has 2 aromatic rings. The molecule has 0 spiro atoms. The van der Waals surface area contributed by atoms with Crippen LogP contribution >= 0.6 is 0 Å². The number of ether oxygens (including phenoxy) is 1. The fourth-order valence-electron chi connectivity index (χ4n) is 2.49. The van der Waals surface area contributed by atoms with Gasteiger partial charge in [-0.15, -0.1) is 0 Å². The van der Waals surface area contributed by atoms with Gasteiger partial charge in [-0.2, -0.15) is 0 Å². The van der Waals surface area contributed by atoms with Gasteiger partial charge >= 0.3 is 12.0 Å². The van der Waals surface area contributed by atoms with Crippen molar-refractivity contribution in [2.75, 3.05) is 20.7 Å². The van der Waals surface area contributed by atoms with Crippen molar-refractivity contribution in [2.24, 2.45) is 0 Å². The fourth-order valence-corrected chi connectivity index (χ4v) is 2.49. The van der Waals surface area contributed by atoms with E-state index in [0.717, 1.165) is 24.2 Å². The molecule has 2 rings (SSSR count). The number of aromatic carboxylic acids is 1. The molecule has 0 unspecified atom stereocenters. The Morgan fingerprint density at radius 1 is 1.04 bits per heavy atom.